The van der Waals surface area contributed by atoms with Crippen molar-refractivity contribution < 1.29 is 9.72 Å². The zero-order chi connectivity index (χ0) is 16.9. The van der Waals surface area contributed by atoms with Gasteiger partial charge >= 0.3 is 0 Å². The number of anilines is 1. The SMILES string of the molecule is O=C(Nc1nnc(/N=C/c2cccs2)s1)c1cccc([N+](=O)[O-])c1. The fourth-order valence-electron chi connectivity index (χ4n) is 1.73. The molecule has 1 N–H and O–H groups in total. The van der Waals surface area contributed by atoms with Gasteiger partial charge in [-0.15, -0.1) is 21.5 Å². The van der Waals surface area contributed by atoms with E-state index in [4.69, 9.17) is 0 Å². The average Bonchev–Trinajstić information content (AvgIpc) is 3.24. The van der Waals surface area contributed by atoms with E-state index in [1.807, 2.05) is 17.5 Å². The van der Waals surface area contributed by atoms with Crippen LogP contribution in [0.4, 0.5) is 16.0 Å². The Bertz CT molecular complexity index is 905. The van der Waals surface area contributed by atoms with Crippen molar-refractivity contribution in [1.29, 1.82) is 0 Å². The Kier molecular flexibility index (Phi) is 4.68. The number of carbonyl (C=O) groups excluding carboxylic acids is 1. The van der Waals surface area contributed by atoms with Gasteiger partial charge in [0.05, 0.1) is 4.92 Å². The lowest BCUT2D eigenvalue weighted by Crippen LogP contribution is -2.11. The molecule has 0 aliphatic rings. The van der Waals surface area contributed by atoms with Gasteiger partial charge in [0.2, 0.25) is 10.3 Å². The largest absolute Gasteiger partial charge is 0.296 e. The minimum atomic E-state index is -0.556. The van der Waals surface area contributed by atoms with E-state index in [2.05, 4.69) is 20.5 Å². The van der Waals surface area contributed by atoms with Gasteiger partial charge in [-0.2, -0.15) is 0 Å². The highest BCUT2D eigenvalue weighted by atomic mass is 32.1. The molecule has 0 radical (unpaired) electrons. The third-order valence-corrected chi connectivity index (χ3v) is 4.35. The summed E-state index contributed by atoms with van der Waals surface area (Å²) in [7, 11) is 0. The maximum atomic E-state index is 12.1. The third kappa shape index (κ3) is 3.86. The Morgan fingerprint density at radius 1 is 1.29 bits per heavy atom. The van der Waals surface area contributed by atoms with Crippen molar-refractivity contribution in [1.82, 2.24) is 10.2 Å². The van der Waals surface area contributed by atoms with E-state index in [0.717, 1.165) is 16.2 Å². The van der Waals surface area contributed by atoms with Crippen LogP contribution < -0.4 is 5.32 Å². The number of carbonyl (C=O) groups is 1. The second-order valence-corrected chi connectivity index (χ2v) is 6.36. The number of aliphatic imine (C=N–C) groups is 1. The number of nitrogens with one attached hydrogen (secondary N) is 1. The van der Waals surface area contributed by atoms with Gasteiger partial charge in [0.15, 0.2) is 0 Å². The van der Waals surface area contributed by atoms with Crippen molar-refractivity contribution in [3.63, 3.8) is 0 Å². The number of aromatic nitrogens is 2. The van der Waals surface area contributed by atoms with E-state index < -0.39 is 10.8 Å². The van der Waals surface area contributed by atoms with E-state index in [-0.39, 0.29) is 16.4 Å². The molecule has 0 fully saturated rings. The first-order valence-electron chi connectivity index (χ1n) is 6.59. The summed E-state index contributed by atoms with van der Waals surface area (Å²) in [4.78, 5) is 27.5. The first-order chi connectivity index (χ1) is 11.6. The summed E-state index contributed by atoms with van der Waals surface area (Å²) in [5, 5.41) is 23.6. The van der Waals surface area contributed by atoms with Crippen molar-refractivity contribution in [2.75, 3.05) is 5.32 Å². The Hall–Kier alpha value is -2.98. The van der Waals surface area contributed by atoms with E-state index in [9.17, 15) is 14.9 Å². The highest BCUT2D eigenvalue weighted by Crippen LogP contribution is 2.24. The van der Waals surface area contributed by atoms with Crippen LogP contribution in [0.1, 0.15) is 15.2 Å². The number of thiophene rings is 1. The van der Waals surface area contributed by atoms with Gasteiger partial charge in [0.25, 0.3) is 11.6 Å². The second-order valence-electron chi connectivity index (χ2n) is 4.42. The molecule has 0 aliphatic heterocycles. The van der Waals surface area contributed by atoms with E-state index >= 15 is 0 Å². The van der Waals surface area contributed by atoms with Crippen LogP contribution in [-0.2, 0) is 0 Å². The van der Waals surface area contributed by atoms with Crippen molar-refractivity contribution >= 4 is 50.7 Å². The summed E-state index contributed by atoms with van der Waals surface area (Å²) in [6, 6.07) is 9.28. The summed E-state index contributed by atoms with van der Waals surface area (Å²) >= 11 is 2.65. The van der Waals surface area contributed by atoms with Crippen LogP contribution >= 0.6 is 22.7 Å². The van der Waals surface area contributed by atoms with E-state index in [0.29, 0.717) is 5.13 Å². The van der Waals surface area contributed by atoms with E-state index in [1.165, 1.54) is 24.3 Å². The molecule has 0 saturated carbocycles. The van der Waals surface area contributed by atoms with Crippen molar-refractivity contribution in [3.05, 3.63) is 62.3 Å². The van der Waals surface area contributed by atoms with Crippen LogP contribution in [0.15, 0.2) is 46.8 Å². The average molecular weight is 359 g/mol. The first kappa shape index (κ1) is 15.9. The maximum Gasteiger partial charge on any atom is 0.270 e. The standard InChI is InChI=1S/C14H9N5O3S2/c20-12(9-3-1-4-10(7-9)19(21)22)16-14-18-17-13(24-14)15-8-11-5-2-6-23-11/h1-8H,(H,16,18,20)/b15-8+. The molecule has 120 valence electrons. The molecule has 0 atom stereocenters. The molecule has 1 amide bonds. The molecule has 10 heteroatoms. The van der Waals surface area contributed by atoms with E-state index in [1.54, 1.807) is 17.6 Å². The van der Waals surface area contributed by atoms with Crippen molar-refractivity contribution in [3.8, 4) is 0 Å². The Morgan fingerprint density at radius 3 is 2.92 bits per heavy atom. The van der Waals surface area contributed by atoms with Gasteiger partial charge in [-0.3, -0.25) is 20.2 Å². The molecular weight excluding hydrogens is 350 g/mol. The van der Waals surface area contributed by atoms with Gasteiger partial charge in [-0.1, -0.05) is 23.5 Å². The molecule has 3 aromatic rings. The monoisotopic (exact) mass is 359 g/mol. The molecule has 0 unspecified atom stereocenters. The number of hydrogen-bond donors (Lipinski definition) is 1. The fourth-order valence-corrected chi connectivity index (χ4v) is 2.90. The van der Waals surface area contributed by atoms with Gasteiger partial charge in [0, 0.05) is 28.8 Å². The van der Waals surface area contributed by atoms with Crippen LogP contribution in [0.2, 0.25) is 0 Å². The number of hydrogen-bond acceptors (Lipinski definition) is 8. The lowest BCUT2D eigenvalue weighted by molar-refractivity contribution is -0.384. The van der Waals surface area contributed by atoms with Gasteiger partial charge in [0.1, 0.15) is 0 Å². The zero-order valence-electron chi connectivity index (χ0n) is 11.9. The van der Waals surface area contributed by atoms with Crippen LogP contribution in [-0.4, -0.2) is 27.2 Å². The number of nitrogens with zero attached hydrogens (tertiary/aromatic N) is 4. The highest BCUT2D eigenvalue weighted by molar-refractivity contribution is 7.19. The predicted molar refractivity (Wildman–Crippen MR) is 92.5 cm³/mol. The minimum absolute atomic E-state index is 0.152. The summed E-state index contributed by atoms with van der Waals surface area (Å²) in [6.07, 6.45) is 1.66. The molecule has 24 heavy (non-hydrogen) atoms. The lowest BCUT2D eigenvalue weighted by atomic mass is 10.2. The van der Waals surface area contributed by atoms with Crippen LogP contribution in [0, 0.1) is 10.1 Å². The van der Waals surface area contributed by atoms with Crippen molar-refractivity contribution in [2.24, 2.45) is 4.99 Å². The van der Waals surface area contributed by atoms with Crippen molar-refractivity contribution in [2.45, 2.75) is 0 Å². The number of nitro benzene ring substituents is 1. The summed E-state index contributed by atoms with van der Waals surface area (Å²) in [5.74, 6) is -0.497. The van der Waals surface area contributed by atoms with Gasteiger partial charge < -0.3 is 0 Å². The summed E-state index contributed by atoms with van der Waals surface area (Å²) in [6.45, 7) is 0. The lowest BCUT2D eigenvalue weighted by Gasteiger charge is -2.00. The first-order valence-corrected chi connectivity index (χ1v) is 8.28. The quantitative estimate of drug-likeness (QED) is 0.426. The van der Waals surface area contributed by atoms with Gasteiger partial charge in [-0.25, -0.2) is 4.99 Å². The number of rotatable bonds is 5. The molecule has 0 bridgehead atoms. The molecule has 0 aliphatic carbocycles. The number of benzene rings is 1. The third-order valence-electron chi connectivity index (χ3n) is 2.80. The molecule has 2 heterocycles. The number of nitro groups is 1. The molecule has 0 saturated heterocycles. The normalized spacial score (nSPS) is 10.8. The highest BCUT2D eigenvalue weighted by Gasteiger charge is 2.13. The Morgan fingerprint density at radius 2 is 2.17 bits per heavy atom. The smallest absolute Gasteiger partial charge is 0.270 e. The minimum Gasteiger partial charge on any atom is -0.296 e. The molecule has 2 aromatic heterocycles. The summed E-state index contributed by atoms with van der Waals surface area (Å²) in [5.41, 5.74) is 0.0178. The topological polar surface area (TPSA) is 110 Å². The second kappa shape index (κ2) is 7.06. The molecule has 0 spiro atoms. The van der Waals surface area contributed by atoms with Crippen LogP contribution in [0.3, 0.4) is 0 Å². The summed E-state index contributed by atoms with van der Waals surface area (Å²) < 4.78 is 0. The molecule has 3 rings (SSSR count). The van der Waals surface area contributed by atoms with Crippen LogP contribution in [0.25, 0.3) is 0 Å². The fraction of sp³-hybridized carbons (Fsp3) is 0. The molecule has 8 nitrogen and oxygen atoms in total. The van der Waals surface area contributed by atoms with Crippen LogP contribution in [0.5, 0.6) is 0 Å². The molecular formula is C14H9N5O3S2. The zero-order valence-corrected chi connectivity index (χ0v) is 13.6. The Balaban J connectivity index is 1.69. The predicted octanol–water partition coefficient (Wildman–Crippen LogP) is 3.51. The number of non-ortho nitro benzene ring substituents is 1. The molecule has 1 aromatic carbocycles. The number of amides is 1. The maximum absolute atomic E-state index is 12.1. The van der Waals surface area contributed by atoms with Gasteiger partial charge in [-0.05, 0) is 17.5 Å². The Labute approximate surface area is 143 Å².